The minimum atomic E-state index is -0.418. The van der Waals surface area contributed by atoms with Crippen LogP contribution in [0.5, 0.6) is 0 Å². The fourth-order valence-corrected chi connectivity index (χ4v) is 4.12. The maximum Gasteiger partial charge on any atom is 0.312 e. The summed E-state index contributed by atoms with van der Waals surface area (Å²) in [4.78, 5) is 26.7. The van der Waals surface area contributed by atoms with E-state index in [4.69, 9.17) is 0 Å². The molecule has 2 N–H and O–H groups in total. The number of benzene rings is 1. The van der Waals surface area contributed by atoms with Crippen LogP contribution in [-0.2, 0) is 16.0 Å². The second-order valence-corrected chi connectivity index (χ2v) is 7.58. The molecule has 1 aromatic rings. The summed E-state index contributed by atoms with van der Waals surface area (Å²) < 4.78 is 0. The van der Waals surface area contributed by atoms with Crippen molar-refractivity contribution in [1.82, 2.24) is 15.5 Å². The van der Waals surface area contributed by atoms with Gasteiger partial charge in [0.15, 0.2) is 0 Å². The molecule has 2 aliphatic rings. The van der Waals surface area contributed by atoms with Gasteiger partial charge in [0.25, 0.3) is 0 Å². The molecule has 5 heteroatoms. The van der Waals surface area contributed by atoms with Crippen molar-refractivity contribution in [3.63, 3.8) is 0 Å². The lowest BCUT2D eigenvalue weighted by Crippen LogP contribution is -2.46. The molecule has 2 aliphatic heterocycles. The summed E-state index contributed by atoms with van der Waals surface area (Å²) in [6.45, 7) is 3.35. The highest BCUT2D eigenvalue weighted by atomic mass is 16.2. The maximum atomic E-state index is 12.6. The molecule has 1 aromatic carbocycles. The van der Waals surface area contributed by atoms with Crippen molar-refractivity contribution in [3.8, 4) is 0 Å². The standard InChI is InChI=1S/C21H31N3O2/c25-20(23-16-18-11-13-22-14-12-18)21(26)24-15-5-10-19(24)9-4-8-17-6-2-1-3-7-17/h1-3,6-7,18-19,22H,4-5,8-16H2,(H,23,25). The van der Waals surface area contributed by atoms with Gasteiger partial charge in [-0.05, 0) is 69.5 Å². The van der Waals surface area contributed by atoms with E-state index in [1.165, 1.54) is 5.56 Å². The Bertz CT molecular complexity index is 584. The van der Waals surface area contributed by atoms with Crippen LogP contribution in [0.25, 0.3) is 0 Å². The van der Waals surface area contributed by atoms with Crippen molar-refractivity contribution < 1.29 is 9.59 Å². The molecule has 2 saturated heterocycles. The third-order valence-corrected chi connectivity index (χ3v) is 5.69. The zero-order valence-corrected chi connectivity index (χ0v) is 15.6. The van der Waals surface area contributed by atoms with Crippen LogP contribution in [0.2, 0.25) is 0 Å². The third-order valence-electron chi connectivity index (χ3n) is 5.69. The van der Waals surface area contributed by atoms with Crippen molar-refractivity contribution in [1.29, 1.82) is 0 Å². The molecule has 3 rings (SSSR count). The summed E-state index contributed by atoms with van der Waals surface area (Å²) in [6, 6.07) is 10.7. The molecular formula is C21H31N3O2. The lowest BCUT2D eigenvalue weighted by molar-refractivity contribution is -0.146. The van der Waals surface area contributed by atoms with Crippen LogP contribution in [-0.4, -0.2) is 48.9 Å². The summed E-state index contributed by atoms with van der Waals surface area (Å²) in [5.74, 6) is -0.257. The molecule has 26 heavy (non-hydrogen) atoms. The Labute approximate surface area is 156 Å². The first kappa shape index (κ1) is 18.9. The van der Waals surface area contributed by atoms with E-state index in [-0.39, 0.29) is 11.9 Å². The number of rotatable bonds is 6. The van der Waals surface area contributed by atoms with E-state index in [0.29, 0.717) is 12.5 Å². The molecule has 1 unspecified atom stereocenters. The number of aryl methyl sites for hydroxylation is 1. The van der Waals surface area contributed by atoms with Gasteiger partial charge in [-0.2, -0.15) is 0 Å². The van der Waals surface area contributed by atoms with Gasteiger partial charge in [0.05, 0.1) is 0 Å². The minimum absolute atomic E-state index is 0.218. The van der Waals surface area contributed by atoms with Crippen LogP contribution >= 0.6 is 0 Å². The number of hydrogen-bond donors (Lipinski definition) is 2. The highest BCUT2D eigenvalue weighted by Crippen LogP contribution is 2.22. The van der Waals surface area contributed by atoms with Crippen LogP contribution in [0, 0.1) is 5.92 Å². The predicted octanol–water partition coefficient (Wildman–Crippen LogP) is 2.12. The first-order valence-electron chi connectivity index (χ1n) is 10.1. The zero-order valence-electron chi connectivity index (χ0n) is 15.6. The average Bonchev–Trinajstić information content (AvgIpc) is 3.15. The Morgan fingerprint density at radius 3 is 2.65 bits per heavy atom. The number of likely N-dealkylation sites (tertiary alicyclic amines) is 1. The molecule has 0 saturated carbocycles. The number of amides is 2. The smallest absolute Gasteiger partial charge is 0.312 e. The Morgan fingerprint density at radius 1 is 1.12 bits per heavy atom. The molecule has 142 valence electrons. The number of hydrogen-bond acceptors (Lipinski definition) is 3. The van der Waals surface area contributed by atoms with E-state index in [1.54, 1.807) is 0 Å². The largest absolute Gasteiger partial charge is 0.348 e. The molecule has 0 aromatic heterocycles. The quantitative estimate of drug-likeness (QED) is 0.767. The van der Waals surface area contributed by atoms with Gasteiger partial charge in [-0.3, -0.25) is 9.59 Å². The summed E-state index contributed by atoms with van der Waals surface area (Å²) in [6.07, 6.45) is 7.21. The Kier molecular flexibility index (Phi) is 7.06. The minimum Gasteiger partial charge on any atom is -0.348 e. The fraction of sp³-hybridized carbons (Fsp3) is 0.619. The predicted molar refractivity (Wildman–Crippen MR) is 103 cm³/mol. The first-order valence-corrected chi connectivity index (χ1v) is 10.1. The van der Waals surface area contributed by atoms with E-state index in [9.17, 15) is 9.59 Å². The number of nitrogens with one attached hydrogen (secondary N) is 2. The zero-order chi connectivity index (χ0) is 18.2. The topological polar surface area (TPSA) is 61.4 Å². The number of piperidine rings is 1. The molecule has 0 spiro atoms. The van der Waals surface area contributed by atoms with E-state index in [2.05, 4.69) is 34.9 Å². The van der Waals surface area contributed by atoms with Crippen LogP contribution < -0.4 is 10.6 Å². The van der Waals surface area contributed by atoms with Crippen LogP contribution in [0.15, 0.2) is 30.3 Å². The highest BCUT2D eigenvalue weighted by Gasteiger charge is 2.32. The molecule has 2 amide bonds. The van der Waals surface area contributed by atoms with Crippen LogP contribution in [0.1, 0.15) is 44.1 Å². The number of nitrogens with zero attached hydrogens (tertiary/aromatic N) is 1. The summed E-state index contributed by atoms with van der Waals surface area (Å²) >= 11 is 0. The van der Waals surface area contributed by atoms with Gasteiger partial charge in [-0.15, -0.1) is 0 Å². The second-order valence-electron chi connectivity index (χ2n) is 7.58. The molecule has 0 radical (unpaired) electrons. The second kappa shape index (κ2) is 9.72. The average molecular weight is 357 g/mol. The third kappa shape index (κ3) is 5.31. The highest BCUT2D eigenvalue weighted by molar-refractivity contribution is 6.35. The first-order chi connectivity index (χ1) is 12.7. The molecule has 1 atom stereocenters. The molecule has 2 fully saturated rings. The lowest BCUT2D eigenvalue weighted by Gasteiger charge is -2.26. The molecule has 0 bridgehead atoms. The van der Waals surface area contributed by atoms with Gasteiger partial charge in [0.2, 0.25) is 0 Å². The molecule has 2 heterocycles. The van der Waals surface area contributed by atoms with E-state index < -0.39 is 5.91 Å². The van der Waals surface area contributed by atoms with Crippen LogP contribution in [0.4, 0.5) is 0 Å². The van der Waals surface area contributed by atoms with E-state index in [0.717, 1.165) is 64.6 Å². The monoisotopic (exact) mass is 357 g/mol. The van der Waals surface area contributed by atoms with Crippen molar-refractivity contribution in [2.24, 2.45) is 5.92 Å². The lowest BCUT2D eigenvalue weighted by atomic mass is 9.98. The van der Waals surface area contributed by atoms with Gasteiger partial charge < -0.3 is 15.5 Å². The van der Waals surface area contributed by atoms with E-state index >= 15 is 0 Å². The molecule has 0 aliphatic carbocycles. The molecular weight excluding hydrogens is 326 g/mol. The Hall–Kier alpha value is -1.88. The van der Waals surface area contributed by atoms with E-state index in [1.807, 2.05) is 11.0 Å². The number of carbonyl (C=O) groups is 2. The van der Waals surface area contributed by atoms with Crippen molar-refractivity contribution >= 4 is 11.8 Å². The Morgan fingerprint density at radius 2 is 1.88 bits per heavy atom. The van der Waals surface area contributed by atoms with Crippen LogP contribution in [0.3, 0.4) is 0 Å². The summed E-state index contributed by atoms with van der Waals surface area (Å²) in [7, 11) is 0. The molecule has 5 nitrogen and oxygen atoms in total. The summed E-state index contributed by atoms with van der Waals surface area (Å²) in [5, 5.41) is 6.19. The van der Waals surface area contributed by atoms with Crippen molar-refractivity contribution in [3.05, 3.63) is 35.9 Å². The summed E-state index contributed by atoms with van der Waals surface area (Å²) in [5.41, 5.74) is 1.34. The van der Waals surface area contributed by atoms with Gasteiger partial charge >= 0.3 is 11.8 Å². The Balaban J connectivity index is 1.42. The number of carbonyl (C=O) groups excluding carboxylic acids is 2. The SMILES string of the molecule is O=C(NCC1CCNCC1)C(=O)N1CCCC1CCCc1ccccc1. The maximum absolute atomic E-state index is 12.6. The van der Waals surface area contributed by atoms with Gasteiger partial charge in [-0.1, -0.05) is 30.3 Å². The van der Waals surface area contributed by atoms with Crippen molar-refractivity contribution in [2.75, 3.05) is 26.2 Å². The van der Waals surface area contributed by atoms with Gasteiger partial charge in [0, 0.05) is 19.1 Å². The normalized spacial score (nSPS) is 20.9. The van der Waals surface area contributed by atoms with Crippen molar-refractivity contribution in [2.45, 2.75) is 51.0 Å². The van der Waals surface area contributed by atoms with Gasteiger partial charge in [0.1, 0.15) is 0 Å². The fourth-order valence-electron chi connectivity index (χ4n) is 4.12. The van der Waals surface area contributed by atoms with Gasteiger partial charge in [-0.25, -0.2) is 0 Å².